The first-order valence-corrected chi connectivity index (χ1v) is 5.93. The number of ether oxygens (including phenoxy) is 1. The molecule has 1 aromatic heterocycles. The van der Waals surface area contributed by atoms with Crippen LogP contribution in [-0.4, -0.2) is 17.8 Å². The van der Waals surface area contributed by atoms with Crippen LogP contribution in [0.4, 0.5) is 0 Å². The zero-order chi connectivity index (χ0) is 10.7. The van der Waals surface area contributed by atoms with Gasteiger partial charge in [-0.3, -0.25) is 0 Å². The van der Waals surface area contributed by atoms with E-state index in [0.717, 1.165) is 24.2 Å². The van der Waals surface area contributed by atoms with E-state index in [2.05, 4.69) is 51.0 Å². The lowest BCUT2D eigenvalue weighted by Crippen LogP contribution is -2.04. The number of rotatable bonds is 4. The minimum atomic E-state index is 0.765. The Morgan fingerprint density at radius 3 is 3.00 bits per heavy atom. The summed E-state index contributed by atoms with van der Waals surface area (Å²) in [6.45, 7) is 4.46. The summed E-state index contributed by atoms with van der Waals surface area (Å²) in [4.78, 5) is 0. The monoisotopic (exact) mass is 267 g/mol. The van der Waals surface area contributed by atoms with Crippen molar-refractivity contribution in [2.24, 2.45) is 0 Å². The molecule has 15 heavy (non-hydrogen) atoms. The second kappa shape index (κ2) is 4.81. The topological polar surface area (TPSA) is 14.2 Å². The predicted molar refractivity (Wildman–Crippen MR) is 66.1 cm³/mol. The maximum Gasteiger partial charge on any atom is 0.0645 e. The van der Waals surface area contributed by atoms with Crippen LogP contribution in [0.3, 0.4) is 0 Å². The van der Waals surface area contributed by atoms with Crippen LogP contribution in [0.25, 0.3) is 10.9 Å². The van der Waals surface area contributed by atoms with Crippen molar-refractivity contribution in [3.05, 3.63) is 34.9 Å². The van der Waals surface area contributed by atoms with Crippen molar-refractivity contribution in [1.29, 1.82) is 0 Å². The van der Waals surface area contributed by atoms with Gasteiger partial charge in [0.05, 0.1) is 12.1 Å². The number of benzene rings is 1. The van der Waals surface area contributed by atoms with Gasteiger partial charge in [-0.05, 0) is 35.0 Å². The number of hydrogen-bond acceptors (Lipinski definition) is 1. The Balaban J connectivity index is 2.27. The molecule has 1 heterocycles. The summed E-state index contributed by atoms with van der Waals surface area (Å²) < 4.78 is 8.72. The second-order valence-corrected chi connectivity index (χ2v) is 4.24. The van der Waals surface area contributed by atoms with Gasteiger partial charge in [-0.2, -0.15) is 0 Å². The van der Waals surface area contributed by atoms with Crippen LogP contribution in [-0.2, 0) is 11.3 Å². The normalized spacial score (nSPS) is 11.1. The summed E-state index contributed by atoms with van der Waals surface area (Å²) in [5, 5.41) is 1.26. The fraction of sp³-hybridized carbons (Fsp3) is 0.333. The summed E-state index contributed by atoms with van der Waals surface area (Å²) in [5.74, 6) is 0. The minimum absolute atomic E-state index is 0.765. The summed E-state index contributed by atoms with van der Waals surface area (Å²) in [7, 11) is 0. The highest BCUT2D eigenvalue weighted by Crippen LogP contribution is 2.24. The Kier molecular flexibility index (Phi) is 3.44. The number of aromatic nitrogens is 1. The Morgan fingerprint density at radius 2 is 2.20 bits per heavy atom. The highest BCUT2D eigenvalue weighted by molar-refractivity contribution is 9.10. The van der Waals surface area contributed by atoms with Crippen molar-refractivity contribution < 1.29 is 4.74 Å². The Hall–Kier alpha value is -0.800. The van der Waals surface area contributed by atoms with E-state index >= 15 is 0 Å². The van der Waals surface area contributed by atoms with E-state index < -0.39 is 0 Å². The number of hydrogen-bond donors (Lipinski definition) is 0. The van der Waals surface area contributed by atoms with Crippen LogP contribution >= 0.6 is 15.9 Å². The van der Waals surface area contributed by atoms with E-state index in [0.29, 0.717) is 0 Å². The first-order valence-electron chi connectivity index (χ1n) is 5.14. The molecular weight excluding hydrogens is 254 g/mol. The Morgan fingerprint density at radius 1 is 1.33 bits per heavy atom. The molecule has 0 fully saturated rings. The van der Waals surface area contributed by atoms with Gasteiger partial charge in [0.2, 0.25) is 0 Å². The molecule has 0 bridgehead atoms. The summed E-state index contributed by atoms with van der Waals surface area (Å²) in [6.07, 6.45) is 2.11. The number of fused-ring (bicyclic) bond motifs is 1. The molecule has 3 heteroatoms. The predicted octanol–water partition coefficient (Wildman–Crippen LogP) is 3.44. The molecule has 0 spiro atoms. The quantitative estimate of drug-likeness (QED) is 0.775. The molecule has 80 valence electrons. The van der Waals surface area contributed by atoms with E-state index in [9.17, 15) is 0 Å². The average molecular weight is 268 g/mol. The summed E-state index contributed by atoms with van der Waals surface area (Å²) in [6, 6.07) is 8.38. The standard InChI is InChI=1S/C12H14BrNO/c1-2-15-9-8-14-7-6-10-4-3-5-11(13)12(10)14/h3-7H,2,8-9H2,1H3. The van der Waals surface area contributed by atoms with Crippen LogP contribution < -0.4 is 0 Å². The SMILES string of the molecule is CCOCCn1ccc2cccc(Br)c21. The molecule has 0 unspecified atom stereocenters. The van der Waals surface area contributed by atoms with Gasteiger partial charge in [0, 0.05) is 29.2 Å². The Labute approximate surface area is 98.0 Å². The van der Waals surface area contributed by atoms with Crippen molar-refractivity contribution in [2.75, 3.05) is 13.2 Å². The number of nitrogens with zero attached hydrogens (tertiary/aromatic N) is 1. The number of para-hydroxylation sites is 1. The molecule has 1 aromatic carbocycles. The van der Waals surface area contributed by atoms with Crippen molar-refractivity contribution in [3.8, 4) is 0 Å². The largest absolute Gasteiger partial charge is 0.380 e. The first kappa shape index (κ1) is 10.7. The van der Waals surface area contributed by atoms with Crippen LogP contribution in [0.2, 0.25) is 0 Å². The van der Waals surface area contributed by atoms with E-state index in [-0.39, 0.29) is 0 Å². The highest BCUT2D eigenvalue weighted by atomic mass is 79.9. The third kappa shape index (κ3) is 2.24. The van der Waals surface area contributed by atoms with Gasteiger partial charge in [-0.25, -0.2) is 0 Å². The molecular formula is C12H14BrNO. The van der Waals surface area contributed by atoms with Crippen molar-refractivity contribution in [1.82, 2.24) is 4.57 Å². The van der Waals surface area contributed by atoms with E-state index in [1.54, 1.807) is 0 Å². The van der Waals surface area contributed by atoms with Gasteiger partial charge < -0.3 is 9.30 Å². The molecule has 0 aliphatic heterocycles. The fourth-order valence-corrected chi connectivity index (χ4v) is 2.32. The lowest BCUT2D eigenvalue weighted by Gasteiger charge is -2.06. The smallest absolute Gasteiger partial charge is 0.0645 e. The van der Waals surface area contributed by atoms with E-state index in [4.69, 9.17) is 4.74 Å². The molecule has 0 N–H and O–H groups in total. The molecule has 0 atom stereocenters. The van der Waals surface area contributed by atoms with Crippen molar-refractivity contribution >= 4 is 26.8 Å². The molecule has 2 aromatic rings. The molecule has 0 aliphatic carbocycles. The van der Waals surface area contributed by atoms with Gasteiger partial charge >= 0.3 is 0 Å². The minimum Gasteiger partial charge on any atom is -0.380 e. The lowest BCUT2D eigenvalue weighted by atomic mass is 10.2. The maximum absolute atomic E-state index is 5.36. The van der Waals surface area contributed by atoms with Crippen molar-refractivity contribution in [3.63, 3.8) is 0 Å². The lowest BCUT2D eigenvalue weighted by molar-refractivity contribution is 0.140. The molecule has 0 saturated heterocycles. The zero-order valence-electron chi connectivity index (χ0n) is 8.74. The molecule has 0 amide bonds. The second-order valence-electron chi connectivity index (χ2n) is 3.38. The van der Waals surface area contributed by atoms with Crippen LogP contribution in [0, 0.1) is 0 Å². The van der Waals surface area contributed by atoms with Gasteiger partial charge in [-0.1, -0.05) is 12.1 Å². The molecule has 2 rings (SSSR count). The maximum atomic E-state index is 5.36. The van der Waals surface area contributed by atoms with Crippen LogP contribution in [0.5, 0.6) is 0 Å². The molecule has 0 radical (unpaired) electrons. The zero-order valence-corrected chi connectivity index (χ0v) is 10.3. The fourth-order valence-electron chi connectivity index (χ4n) is 1.71. The van der Waals surface area contributed by atoms with E-state index in [1.165, 1.54) is 10.9 Å². The third-order valence-electron chi connectivity index (χ3n) is 2.42. The van der Waals surface area contributed by atoms with Gasteiger partial charge in [-0.15, -0.1) is 0 Å². The van der Waals surface area contributed by atoms with Gasteiger partial charge in [0.1, 0.15) is 0 Å². The van der Waals surface area contributed by atoms with Gasteiger partial charge in [0.15, 0.2) is 0 Å². The molecule has 2 nitrogen and oxygen atoms in total. The third-order valence-corrected chi connectivity index (χ3v) is 3.06. The van der Waals surface area contributed by atoms with Crippen LogP contribution in [0.1, 0.15) is 6.92 Å². The van der Waals surface area contributed by atoms with Crippen LogP contribution in [0.15, 0.2) is 34.9 Å². The Bertz CT molecular complexity index is 450. The molecule has 0 aliphatic rings. The summed E-state index contributed by atoms with van der Waals surface area (Å²) in [5.41, 5.74) is 1.25. The molecule has 0 saturated carbocycles. The first-order chi connectivity index (χ1) is 7.33. The van der Waals surface area contributed by atoms with Crippen molar-refractivity contribution in [2.45, 2.75) is 13.5 Å². The highest BCUT2D eigenvalue weighted by Gasteiger charge is 2.03. The summed E-state index contributed by atoms with van der Waals surface area (Å²) >= 11 is 3.57. The average Bonchev–Trinajstić information content (AvgIpc) is 2.63. The van der Waals surface area contributed by atoms with E-state index in [1.807, 2.05) is 6.92 Å². The van der Waals surface area contributed by atoms with Gasteiger partial charge in [0.25, 0.3) is 0 Å². The number of halogens is 1.